The summed E-state index contributed by atoms with van der Waals surface area (Å²) in [6.45, 7) is 3.23. The third-order valence-electron chi connectivity index (χ3n) is 3.07. The van der Waals surface area contributed by atoms with E-state index in [4.69, 9.17) is 11.6 Å². The average Bonchev–Trinajstić information content (AvgIpc) is 2.72. The Kier molecular flexibility index (Phi) is 4.98. The number of aromatic nitrogens is 2. The highest BCUT2D eigenvalue weighted by atomic mass is 79.9. The summed E-state index contributed by atoms with van der Waals surface area (Å²) in [6.07, 6.45) is 3.28. The molecule has 0 radical (unpaired) electrons. The summed E-state index contributed by atoms with van der Waals surface area (Å²) in [5, 5.41) is 0.654. The molecule has 0 aliphatic heterocycles. The van der Waals surface area contributed by atoms with Crippen LogP contribution in [0, 0.1) is 0 Å². The van der Waals surface area contributed by atoms with E-state index in [1.165, 1.54) is 5.52 Å². The molecule has 0 spiro atoms. The van der Waals surface area contributed by atoms with Crippen LogP contribution in [0.5, 0.6) is 0 Å². The van der Waals surface area contributed by atoms with Gasteiger partial charge in [-0.1, -0.05) is 22.9 Å². The molecule has 1 heterocycles. The Labute approximate surface area is 125 Å². The molecular formula is C13H16BrClN2S. The zero-order valence-electron chi connectivity index (χ0n) is 10.5. The van der Waals surface area contributed by atoms with Crippen molar-refractivity contribution in [2.24, 2.45) is 0 Å². The van der Waals surface area contributed by atoms with Gasteiger partial charge in [0.05, 0.1) is 16.9 Å². The number of rotatable bonds is 5. The molecule has 2 aromatic rings. The number of nitrogens with zero attached hydrogens (tertiary/aromatic N) is 2. The van der Waals surface area contributed by atoms with Crippen LogP contribution in [0.15, 0.2) is 22.7 Å². The lowest BCUT2D eigenvalue weighted by Gasteiger charge is -2.11. The molecule has 5 heteroatoms. The van der Waals surface area contributed by atoms with Crippen molar-refractivity contribution < 1.29 is 0 Å². The molecule has 1 aromatic carbocycles. The molecular weight excluding hydrogens is 332 g/mol. The van der Waals surface area contributed by atoms with Crippen LogP contribution >= 0.6 is 39.3 Å². The van der Waals surface area contributed by atoms with Gasteiger partial charge in [-0.15, -0.1) is 11.6 Å². The number of hydrogen-bond acceptors (Lipinski definition) is 2. The third kappa shape index (κ3) is 3.03. The summed E-state index contributed by atoms with van der Waals surface area (Å²) < 4.78 is 3.29. The second-order valence-corrected chi connectivity index (χ2v) is 6.74. The Morgan fingerprint density at radius 2 is 2.28 bits per heavy atom. The van der Waals surface area contributed by atoms with Gasteiger partial charge in [-0.3, -0.25) is 0 Å². The zero-order valence-corrected chi connectivity index (χ0v) is 13.6. The first kappa shape index (κ1) is 14.2. The molecule has 0 saturated heterocycles. The summed E-state index contributed by atoms with van der Waals surface area (Å²) in [6, 6.07) is 6.20. The summed E-state index contributed by atoms with van der Waals surface area (Å²) >= 11 is 11.4. The lowest BCUT2D eigenvalue weighted by Crippen LogP contribution is -2.07. The molecule has 0 aliphatic rings. The maximum absolute atomic E-state index is 5.99. The first-order valence-electron chi connectivity index (χ1n) is 5.89. The van der Waals surface area contributed by atoms with Gasteiger partial charge in [-0.2, -0.15) is 11.8 Å². The molecule has 0 aliphatic carbocycles. The molecule has 18 heavy (non-hydrogen) atoms. The Morgan fingerprint density at radius 1 is 1.50 bits per heavy atom. The topological polar surface area (TPSA) is 17.8 Å². The smallest absolute Gasteiger partial charge is 0.124 e. The van der Waals surface area contributed by atoms with E-state index in [-0.39, 0.29) is 0 Å². The van der Waals surface area contributed by atoms with Gasteiger partial charge in [0.1, 0.15) is 5.82 Å². The second kappa shape index (κ2) is 6.31. The lowest BCUT2D eigenvalue weighted by molar-refractivity contribution is 0.636. The van der Waals surface area contributed by atoms with Gasteiger partial charge in [-0.05, 0) is 30.9 Å². The number of fused-ring (bicyclic) bond motifs is 1. The molecule has 1 unspecified atom stereocenters. The van der Waals surface area contributed by atoms with Crippen molar-refractivity contribution in [3.8, 4) is 0 Å². The van der Waals surface area contributed by atoms with Crippen LogP contribution in [0.2, 0.25) is 0 Å². The third-order valence-corrected chi connectivity index (χ3v) is 4.84. The normalized spacial score (nSPS) is 13.1. The van der Waals surface area contributed by atoms with E-state index < -0.39 is 0 Å². The quantitative estimate of drug-likeness (QED) is 0.731. The molecule has 0 saturated carbocycles. The van der Waals surface area contributed by atoms with Gasteiger partial charge >= 0.3 is 0 Å². The number of aryl methyl sites for hydroxylation is 1. The van der Waals surface area contributed by atoms with Gasteiger partial charge in [0.25, 0.3) is 0 Å². The van der Waals surface area contributed by atoms with Crippen molar-refractivity contribution >= 4 is 50.3 Å². The van der Waals surface area contributed by atoms with E-state index >= 15 is 0 Å². The maximum atomic E-state index is 5.99. The molecule has 2 rings (SSSR count). The fraction of sp³-hybridized carbons (Fsp3) is 0.462. The number of thioether (sulfide) groups is 1. The number of imidazole rings is 1. The highest BCUT2D eigenvalue weighted by Crippen LogP contribution is 2.23. The minimum atomic E-state index is 0.458. The minimum Gasteiger partial charge on any atom is -0.327 e. The lowest BCUT2D eigenvalue weighted by atomic mass is 10.3. The number of hydrogen-bond donors (Lipinski definition) is 0. The first-order chi connectivity index (χ1) is 8.65. The van der Waals surface area contributed by atoms with Gasteiger partial charge in [-0.25, -0.2) is 4.98 Å². The van der Waals surface area contributed by atoms with E-state index in [1.807, 2.05) is 17.8 Å². The summed E-state index contributed by atoms with van der Waals surface area (Å²) in [4.78, 5) is 4.59. The van der Waals surface area contributed by atoms with Crippen molar-refractivity contribution in [1.82, 2.24) is 9.55 Å². The van der Waals surface area contributed by atoms with Crippen LogP contribution in [0.1, 0.15) is 19.2 Å². The Morgan fingerprint density at radius 3 is 2.94 bits per heavy atom. The Hall–Kier alpha value is -0.190. The molecule has 0 amide bonds. The van der Waals surface area contributed by atoms with Crippen molar-refractivity contribution in [2.45, 2.75) is 31.0 Å². The van der Waals surface area contributed by atoms with Crippen LogP contribution < -0.4 is 0 Å². The molecule has 2 nitrogen and oxygen atoms in total. The highest BCUT2D eigenvalue weighted by molar-refractivity contribution is 9.10. The molecule has 98 valence electrons. The fourth-order valence-corrected chi connectivity index (χ4v) is 2.83. The zero-order chi connectivity index (χ0) is 13.1. The highest BCUT2D eigenvalue weighted by Gasteiger charge is 2.11. The summed E-state index contributed by atoms with van der Waals surface area (Å²) in [5.74, 6) is 1.41. The first-order valence-corrected chi connectivity index (χ1v) is 8.50. The molecule has 1 atom stereocenters. The van der Waals surface area contributed by atoms with Crippen molar-refractivity contribution in [1.29, 1.82) is 0 Å². The van der Waals surface area contributed by atoms with E-state index in [0.29, 0.717) is 11.1 Å². The maximum Gasteiger partial charge on any atom is 0.124 e. The number of alkyl halides is 1. The van der Waals surface area contributed by atoms with E-state index in [2.05, 4.69) is 50.8 Å². The number of halogens is 2. The number of benzene rings is 1. The fourth-order valence-electron chi connectivity index (χ4n) is 1.93. The molecule has 0 bridgehead atoms. The minimum absolute atomic E-state index is 0.458. The van der Waals surface area contributed by atoms with E-state index in [9.17, 15) is 0 Å². The average molecular weight is 348 g/mol. The van der Waals surface area contributed by atoms with Crippen molar-refractivity contribution in [3.63, 3.8) is 0 Å². The predicted molar refractivity (Wildman–Crippen MR) is 84.6 cm³/mol. The molecule has 0 fully saturated rings. The monoisotopic (exact) mass is 346 g/mol. The Balaban J connectivity index is 2.34. The summed E-state index contributed by atoms with van der Waals surface area (Å²) in [5.41, 5.74) is 2.18. The van der Waals surface area contributed by atoms with Crippen LogP contribution in [-0.4, -0.2) is 21.1 Å². The van der Waals surface area contributed by atoms with Crippen LogP contribution in [0.4, 0.5) is 0 Å². The van der Waals surface area contributed by atoms with Gasteiger partial charge in [0, 0.05) is 16.3 Å². The van der Waals surface area contributed by atoms with Crippen LogP contribution in [0.25, 0.3) is 11.0 Å². The van der Waals surface area contributed by atoms with Crippen LogP contribution in [-0.2, 0) is 12.4 Å². The predicted octanol–water partition coefficient (Wildman–Crippen LogP) is 4.68. The van der Waals surface area contributed by atoms with Gasteiger partial charge in [0.15, 0.2) is 0 Å². The van der Waals surface area contributed by atoms with Gasteiger partial charge < -0.3 is 4.57 Å². The van der Waals surface area contributed by atoms with E-state index in [1.54, 1.807) is 0 Å². The van der Waals surface area contributed by atoms with Gasteiger partial charge in [0.2, 0.25) is 0 Å². The van der Waals surface area contributed by atoms with Crippen molar-refractivity contribution in [2.75, 3.05) is 6.26 Å². The SMILES string of the molecule is CSC(C)CCn1c(CCl)nc2cc(Br)ccc21. The molecule has 0 N–H and O–H groups in total. The van der Waals surface area contributed by atoms with E-state index in [0.717, 1.165) is 28.8 Å². The largest absolute Gasteiger partial charge is 0.327 e. The standard InChI is InChI=1S/C13H16BrClN2S/c1-9(18-2)5-6-17-12-4-3-10(14)7-11(12)16-13(17)8-15/h3-4,7,9H,5-6,8H2,1-2H3. The van der Waals surface area contributed by atoms with Crippen molar-refractivity contribution in [3.05, 3.63) is 28.5 Å². The molecule has 1 aromatic heterocycles. The second-order valence-electron chi connectivity index (χ2n) is 4.28. The van der Waals surface area contributed by atoms with Crippen LogP contribution in [0.3, 0.4) is 0 Å². The summed E-state index contributed by atoms with van der Waals surface area (Å²) in [7, 11) is 0. The Bertz CT molecular complexity index is 541.